The van der Waals surface area contributed by atoms with Gasteiger partial charge in [0.1, 0.15) is 5.82 Å². The SMILES string of the molecule is O=C(N[C@H]1CCc2c(c(F)cc(N3CC4CCC(C4)C3)c2C(F)F)C1)c1cnc2c(c1)[C@@H]1C[C@@H]1CC2. The number of rotatable bonds is 4. The van der Waals surface area contributed by atoms with Crippen LogP contribution in [0.25, 0.3) is 0 Å². The minimum atomic E-state index is -2.65. The Kier molecular flexibility index (Phi) is 5.33. The summed E-state index contributed by atoms with van der Waals surface area (Å²) in [4.78, 5) is 19.6. The van der Waals surface area contributed by atoms with Gasteiger partial charge in [-0.25, -0.2) is 13.2 Å². The first-order valence-electron chi connectivity index (χ1n) is 13.6. The van der Waals surface area contributed by atoms with Crippen molar-refractivity contribution in [1.82, 2.24) is 10.3 Å². The van der Waals surface area contributed by atoms with Crippen LogP contribution < -0.4 is 10.2 Å². The van der Waals surface area contributed by atoms with Crippen LogP contribution in [0.3, 0.4) is 0 Å². The molecule has 2 heterocycles. The zero-order valence-corrected chi connectivity index (χ0v) is 20.4. The van der Waals surface area contributed by atoms with Gasteiger partial charge < -0.3 is 10.2 Å². The Balaban J connectivity index is 1.12. The van der Waals surface area contributed by atoms with Crippen LogP contribution in [0.5, 0.6) is 0 Å². The summed E-state index contributed by atoms with van der Waals surface area (Å²) < 4.78 is 44.2. The maximum atomic E-state index is 15.4. The summed E-state index contributed by atoms with van der Waals surface area (Å²) in [5, 5.41) is 3.04. The van der Waals surface area contributed by atoms with Gasteiger partial charge in [-0.15, -0.1) is 0 Å². The quantitative estimate of drug-likeness (QED) is 0.589. The van der Waals surface area contributed by atoms with Gasteiger partial charge in [-0.3, -0.25) is 9.78 Å². The zero-order valence-electron chi connectivity index (χ0n) is 20.4. The maximum absolute atomic E-state index is 15.4. The summed E-state index contributed by atoms with van der Waals surface area (Å²) in [7, 11) is 0. The van der Waals surface area contributed by atoms with Gasteiger partial charge in [0.15, 0.2) is 0 Å². The van der Waals surface area contributed by atoms with E-state index in [1.165, 1.54) is 24.5 Å². The molecule has 5 aliphatic rings. The van der Waals surface area contributed by atoms with Crippen molar-refractivity contribution in [1.29, 1.82) is 0 Å². The number of amides is 1. The third-order valence-electron chi connectivity index (χ3n) is 9.55. The van der Waals surface area contributed by atoms with Gasteiger partial charge in [-0.1, -0.05) is 0 Å². The fourth-order valence-corrected chi connectivity index (χ4v) is 7.66. The van der Waals surface area contributed by atoms with Crippen LogP contribution in [0, 0.1) is 23.6 Å². The van der Waals surface area contributed by atoms with Crippen LogP contribution in [0.15, 0.2) is 18.3 Å². The summed E-state index contributed by atoms with van der Waals surface area (Å²) in [5.74, 6) is 1.70. The molecule has 3 fully saturated rings. The molecule has 1 aromatic heterocycles. The Morgan fingerprint density at radius 2 is 1.83 bits per heavy atom. The van der Waals surface area contributed by atoms with Crippen molar-refractivity contribution in [3.8, 4) is 0 Å². The fourth-order valence-electron chi connectivity index (χ4n) is 7.66. The molecule has 7 rings (SSSR count). The van der Waals surface area contributed by atoms with Crippen LogP contribution in [0.1, 0.15) is 89.2 Å². The van der Waals surface area contributed by atoms with E-state index in [1.54, 1.807) is 6.20 Å². The number of hydrogen-bond acceptors (Lipinski definition) is 3. The van der Waals surface area contributed by atoms with Gasteiger partial charge in [-0.2, -0.15) is 0 Å². The van der Waals surface area contributed by atoms with E-state index in [9.17, 15) is 13.6 Å². The van der Waals surface area contributed by atoms with Crippen molar-refractivity contribution >= 4 is 11.6 Å². The van der Waals surface area contributed by atoms with Crippen molar-refractivity contribution in [2.75, 3.05) is 18.0 Å². The van der Waals surface area contributed by atoms with Crippen LogP contribution in [-0.4, -0.2) is 30.0 Å². The van der Waals surface area contributed by atoms with E-state index < -0.39 is 12.2 Å². The van der Waals surface area contributed by atoms with Gasteiger partial charge in [0.2, 0.25) is 0 Å². The van der Waals surface area contributed by atoms with Crippen LogP contribution >= 0.6 is 0 Å². The standard InChI is InChI=1S/C29H32F3N3O/c30-24-11-26(35-13-15-1-2-16(7-15)14-35)27(28(31)32)20-5-4-19(10-22(20)24)34-29(36)18-9-23-21-8-17(21)3-6-25(23)33-12-18/h9,11-12,15-17,19,21,28H,1-8,10,13-14H2,(H,34,36)/t15?,16?,17-,19-,21+/m0/s1. The largest absolute Gasteiger partial charge is 0.370 e. The monoisotopic (exact) mass is 495 g/mol. The third kappa shape index (κ3) is 3.81. The van der Waals surface area contributed by atoms with Gasteiger partial charge in [0.05, 0.1) is 5.56 Å². The summed E-state index contributed by atoms with van der Waals surface area (Å²) in [5.41, 5.74) is 4.05. The maximum Gasteiger partial charge on any atom is 0.266 e. The molecule has 1 aliphatic heterocycles. The highest BCUT2D eigenvalue weighted by molar-refractivity contribution is 5.94. The Labute approximate surface area is 209 Å². The molecule has 0 spiro atoms. The smallest absolute Gasteiger partial charge is 0.266 e. The predicted octanol–water partition coefficient (Wildman–Crippen LogP) is 5.73. The number of halogens is 3. The van der Waals surface area contributed by atoms with E-state index in [1.807, 2.05) is 11.0 Å². The Morgan fingerprint density at radius 3 is 2.61 bits per heavy atom. The van der Waals surface area contributed by atoms with Crippen molar-refractivity contribution in [3.05, 3.63) is 57.7 Å². The number of nitrogens with zero attached hydrogens (tertiary/aromatic N) is 2. The number of hydrogen-bond donors (Lipinski definition) is 1. The number of piperidine rings is 1. The molecule has 1 amide bonds. The average Bonchev–Trinajstić information content (AvgIpc) is 3.60. The number of pyridine rings is 1. The number of alkyl halides is 2. The second kappa shape index (κ2) is 8.49. The summed E-state index contributed by atoms with van der Waals surface area (Å²) in [6.07, 6.45) is 6.89. The van der Waals surface area contributed by atoms with E-state index in [4.69, 9.17) is 0 Å². The molecule has 7 heteroatoms. The molecule has 2 saturated carbocycles. The lowest BCUT2D eigenvalue weighted by Gasteiger charge is -2.37. The number of aryl methyl sites for hydroxylation is 1. The summed E-state index contributed by atoms with van der Waals surface area (Å²) >= 11 is 0. The number of anilines is 1. The van der Waals surface area contributed by atoms with Crippen LogP contribution in [-0.2, 0) is 19.3 Å². The van der Waals surface area contributed by atoms with E-state index in [0.29, 0.717) is 53.0 Å². The van der Waals surface area contributed by atoms with Crippen molar-refractivity contribution in [3.63, 3.8) is 0 Å². The molecule has 4 aliphatic carbocycles. The first-order chi connectivity index (χ1) is 17.4. The minimum Gasteiger partial charge on any atom is -0.370 e. The lowest BCUT2D eigenvalue weighted by atomic mass is 9.83. The number of carbonyl (C=O) groups excluding carboxylic acids is 1. The fraction of sp³-hybridized carbons (Fsp3) is 0.586. The molecular formula is C29H32F3N3O. The highest BCUT2D eigenvalue weighted by atomic mass is 19.3. The molecule has 1 saturated heterocycles. The van der Waals surface area contributed by atoms with E-state index in [2.05, 4.69) is 10.3 Å². The lowest BCUT2D eigenvalue weighted by Crippen LogP contribution is -2.40. The van der Waals surface area contributed by atoms with Gasteiger partial charge in [0, 0.05) is 42.3 Å². The second-order valence-electron chi connectivity index (χ2n) is 11.8. The predicted molar refractivity (Wildman–Crippen MR) is 131 cm³/mol. The molecule has 2 bridgehead atoms. The molecule has 1 aromatic carbocycles. The Hall–Kier alpha value is -2.57. The molecule has 5 atom stereocenters. The van der Waals surface area contributed by atoms with E-state index in [0.717, 1.165) is 50.4 Å². The number of benzene rings is 1. The summed E-state index contributed by atoms with van der Waals surface area (Å²) in [6.45, 7) is 1.48. The van der Waals surface area contributed by atoms with Crippen molar-refractivity contribution in [2.45, 2.75) is 76.2 Å². The van der Waals surface area contributed by atoms with Crippen LogP contribution in [0.4, 0.5) is 18.9 Å². The average molecular weight is 496 g/mol. The highest BCUT2D eigenvalue weighted by Gasteiger charge is 2.43. The minimum absolute atomic E-state index is 0.00958. The van der Waals surface area contributed by atoms with E-state index >= 15 is 4.39 Å². The lowest BCUT2D eigenvalue weighted by molar-refractivity contribution is 0.0932. The van der Waals surface area contributed by atoms with Crippen molar-refractivity contribution < 1.29 is 18.0 Å². The first kappa shape index (κ1) is 22.6. The van der Waals surface area contributed by atoms with E-state index in [-0.39, 0.29) is 23.9 Å². The van der Waals surface area contributed by atoms with Crippen LogP contribution in [0.2, 0.25) is 0 Å². The van der Waals surface area contributed by atoms with Gasteiger partial charge in [0.25, 0.3) is 12.3 Å². The highest BCUT2D eigenvalue weighted by Crippen LogP contribution is 2.54. The number of carbonyl (C=O) groups is 1. The Morgan fingerprint density at radius 1 is 1.03 bits per heavy atom. The molecular weight excluding hydrogens is 463 g/mol. The number of aromatic nitrogens is 1. The van der Waals surface area contributed by atoms with Gasteiger partial charge >= 0.3 is 0 Å². The molecule has 0 radical (unpaired) electrons. The molecule has 1 N–H and O–H groups in total. The summed E-state index contributed by atoms with van der Waals surface area (Å²) in [6, 6.07) is 3.03. The molecule has 2 unspecified atom stereocenters. The van der Waals surface area contributed by atoms with Gasteiger partial charge in [-0.05, 0) is 110 Å². The Bertz CT molecular complexity index is 1220. The molecule has 36 heavy (non-hydrogen) atoms. The molecule has 4 nitrogen and oxygen atoms in total. The van der Waals surface area contributed by atoms with Crippen molar-refractivity contribution in [2.24, 2.45) is 17.8 Å². The number of fused-ring (bicyclic) bond motifs is 6. The molecule has 190 valence electrons. The zero-order chi connectivity index (χ0) is 24.6. The number of nitrogens with one attached hydrogen (secondary N) is 1. The molecule has 2 aromatic rings. The third-order valence-corrected chi connectivity index (χ3v) is 9.55. The second-order valence-corrected chi connectivity index (χ2v) is 11.8. The normalized spacial score (nSPS) is 30.0. The topological polar surface area (TPSA) is 45.2 Å². The first-order valence-corrected chi connectivity index (χ1v) is 13.6.